The molecule has 5 heteroatoms. The molecule has 0 amide bonds. The van der Waals surface area contributed by atoms with Crippen LogP contribution in [0.15, 0.2) is 24.0 Å². The molecule has 0 spiro atoms. The van der Waals surface area contributed by atoms with Crippen molar-refractivity contribution < 1.29 is 19.4 Å². The number of carbonyl (C=O) groups is 1. The van der Waals surface area contributed by atoms with Crippen LogP contribution < -0.4 is 4.74 Å². The molecule has 1 saturated heterocycles. The fraction of sp³-hybridized carbons (Fsp3) is 0.591. The molecule has 2 aliphatic carbocycles. The number of Topliss-reactive ketones (excluding diaryl/α,β-unsaturated/α-hetero) is 1. The number of phenols is 1. The van der Waals surface area contributed by atoms with Crippen molar-refractivity contribution in [2.75, 3.05) is 27.3 Å². The average Bonchev–Trinajstić information content (AvgIpc) is 2.62. The van der Waals surface area contributed by atoms with Gasteiger partial charge in [0.25, 0.3) is 0 Å². The lowest BCUT2D eigenvalue weighted by molar-refractivity contribution is -0.123. The summed E-state index contributed by atoms with van der Waals surface area (Å²) in [7, 11) is 3.14. The van der Waals surface area contributed by atoms with Crippen molar-refractivity contribution in [1.29, 1.82) is 0 Å². The summed E-state index contributed by atoms with van der Waals surface area (Å²) in [5, 5.41) is 11.0. The molecule has 27 heavy (non-hydrogen) atoms. The van der Waals surface area contributed by atoms with E-state index >= 15 is 0 Å². The molecule has 3 atom stereocenters. The van der Waals surface area contributed by atoms with Gasteiger partial charge in [0.05, 0.1) is 14.2 Å². The third kappa shape index (κ3) is 2.66. The van der Waals surface area contributed by atoms with Gasteiger partial charge in [-0.1, -0.05) is 19.9 Å². The molecular formula is C22H29NO4. The van der Waals surface area contributed by atoms with Gasteiger partial charge in [0.2, 0.25) is 0 Å². The molecule has 0 radical (unpaired) electrons. The first-order chi connectivity index (χ1) is 12.9. The van der Waals surface area contributed by atoms with Crippen LogP contribution >= 0.6 is 0 Å². The highest BCUT2D eigenvalue weighted by Gasteiger charge is 2.57. The molecule has 5 nitrogen and oxygen atoms in total. The molecule has 4 rings (SSSR count). The van der Waals surface area contributed by atoms with E-state index in [1.165, 1.54) is 0 Å². The number of carbonyl (C=O) groups excluding carboxylic acids is 1. The molecule has 146 valence electrons. The van der Waals surface area contributed by atoms with Crippen LogP contribution in [0.2, 0.25) is 0 Å². The van der Waals surface area contributed by atoms with Gasteiger partial charge in [0.15, 0.2) is 23.0 Å². The number of phenolic OH excluding ortho intramolecular Hbond substituents is 1. The molecule has 1 heterocycles. The largest absolute Gasteiger partial charge is 0.504 e. The molecule has 0 aromatic heterocycles. The smallest absolute Gasteiger partial charge is 0.197 e. The van der Waals surface area contributed by atoms with Crippen LogP contribution in [0.4, 0.5) is 0 Å². The zero-order chi connectivity index (χ0) is 19.3. The van der Waals surface area contributed by atoms with Gasteiger partial charge in [-0.15, -0.1) is 0 Å². The van der Waals surface area contributed by atoms with Crippen LogP contribution in [-0.4, -0.2) is 49.1 Å². The highest BCUT2D eigenvalue weighted by Crippen LogP contribution is 2.57. The van der Waals surface area contributed by atoms with Gasteiger partial charge in [-0.25, -0.2) is 0 Å². The van der Waals surface area contributed by atoms with E-state index in [9.17, 15) is 9.90 Å². The van der Waals surface area contributed by atoms with Crippen molar-refractivity contribution in [1.82, 2.24) is 4.90 Å². The number of benzene rings is 1. The predicted molar refractivity (Wildman–Crippen MR) is 103 cm³/mol. The molecule has 1 aromatic carbocycles. The number of rotatable bonds is 4. The van der Waals surface area contributed by atoms with Crippen LogP contribution in [-0.2, 0) is 21.4 Å². The van der Waals surface area contributed by atoms with E-state index in [0.29, 0.717) is 29.9 Å². The number of hydrogen-bond acceptors (Lipinski definition) is 5. The van der Waals surface area contributed by atoms with Crippen molar-refractivity contribution >= 4 is 5.78 Å². The molecule has 0 unspecified atom stereocenters. The number of nitrogens with zero attached hydrogens (tertiary/aromatic N) is 1. The fourth-order valence-electron chi connectivity index (χ4n) is 5.62. The molecule has 3 aliphatic rings. The van der Waals surface area contributed by atoms with Gasteiger partial charge in [-0.2, -0.15) is 0 Å². The van der Waals surface area contributed by atoms with E-state index in [1.807, 2.05) is 12.1 Å². The Hall–Kier alpha value is -2.01. The van der Waals surface area contributed by atoms with Gasteiger partial charge in [0, 0.05) is 35.9 Å². The number of likely N-dealkylation sites (tertiary alicyclic amines) is 1. The van der Waals surface area contributed by atoms with Crippen molar-refractivity contribution in [2.45, 2.75) is 44.6 Å². The van der Waals surface area contributed by atoms with E-state index < -0.39 is 0 Å². The minimum absolute atomic E-state index is 0.0277. The van der Waals surface area contributed by atoms with E-state index in [2.05, 4.69) is 24.8 Å². The Morgan fingerprint density at radius 2 is 2.07 bits per heavy atom. The predicted octanol–water partition coefficient (Wildman–Crippen LogP) is 3.04. The SMILES string of the molecule is COC1=C[C@@H]2[C@@H]3Cc4ccc(OC)c(O)c4[C@]2(CCN3CC(C)C)CC1=O. The van der Waals surface area contributed by atoms with E-state index in [-0.39, 0.29) is 22.9 Å². The lowest BCUT2D eigenvalue weighted by Gasteiger charge is -2.57. The zero-order valence-electron chi connectivity index (χ0n) is 16.6. The molecule has 2 bridgehead atoms. The van der Waals surface area contributed by atoms with Crippen LogP contribution in [0.25, 0.3) is 0 Å². The number of piperidine rings is 1. The monoisotopic (exact) mass is 371 g/mol. The second kappa shape index (κ2) is 6.55. The molecule has 1 aliphatic heterocycles. The molecule has 0 saturated carbocycles. The van der Waals surface area contributed by atoms with E-state index in [4.69, 9.17) is 9.47 Å². The first-order valence-corrected chi connectivity index (χ1v) is 9.83. The fourth-order valence-corrected chi connectivity index (χ4v) is 5.62. The van der Waals surface area contributed by atoms with Crippen LogP contribution in [0.3, 0.4) is 0 Å². The summed E-state index contributed by atoms with van der Waals surface area (Å²) >= 11 is 0. The molecule has 1 fully saturated rings. The van der Waals surface area contributed by atoms with Crippen LogP contribution in [0, 0.1) is 11.8 Å². The normalized spacial score (nSPS) is 29.8. The van der Waals surface area contributed by atoms with Crippen LogP contribution in [0.1, 0.15) is 37.8 Å². The van der Waals surface area contributed by atoms with Gasteiger partial charge in [-0.05, 0) is 43.0 Å². The van der Waals surface area contributed by atoms with Gasteiger partial charge in [-0.3, -0.25) is 9.69 Å². The maximum absolute atomic E-state index is 12.8. The first kappa shape index (κ1) is 18.4. The minimum Gasteiger partial charge on any atom is -0.504 e. The Morgan fingerprint density at radius 1 is 1.30 bits per heavy atom. The summed E-state index contributed by atoms with van der Waals surface area (Å²) in [6, 6.07) is 4.23. The summed E-state index contributed by atoms with van der Waals surface area (Å²) in [6.07, 6.45) is 4.14. The summed E-state index contributed by atoms with van der Waals surface area (Å²) < 4.78 is 10.8. The second-order valence-corrected chi connectivity index (χ2v) is 8.58. The Morgan fingerprint density at radius 3 is 2.74 bits per heavy atom. The summed E-state index contributed by atoms with van der Waals surface area (Å²) in [4.78, 5) is 15.4. The second-order valence-electron chi connectivity index (χ2n) is 8.58. The standard InChI is InChI=1S/C22H29NO4/c1-13(2)12-23-8-7-22-11-17(24)19(27-4)10-15(22)16(23)9-14-5-6-18(26-3)21(25)20(14)22/h5-6,10,13,15-16,25H,7-9,11-12H2,1-4H3/t15-,16+,22-/m1/s1. The minimum atomic E-state index is -0.372. The zero-order valence-corrected chi connectivity index (χ0v) is 16.6. The number of ketones is 1. The number of hydrogen-bond donors (Lipinski definition) is 1. The van der Waals surface area contributed by atoms with Gasteiger partial charge in [0.1, 0.15) is 0 Å². The highest BCUT2D eigenvalue weighted by atomic mass is 16.5. The highest BCUT2D eigenvalue weighted by molar-refractivity contribution is 5.96. The summed E-state index contributed by atoms with van der Waals surface area (Å²) in [6.45, 7) is 6.48. The topological polar surface area (TPSA) is 59.0 Å². The lowest BCUT2D eigenvalue weighted by atomic mass is 9.53. The number of ether oxygens (including phenoxy) is 2. The maximum atomic E-state index is 12.8. The number of aromatic hydroxyl groups is 1. The summed E-state index contributed by atoms with van der Waals surface area (Å²) in [5.74, 6) is 1.93. The Labute approximate surface area is 161 Å². The van der Waals surface area contributed by atoms with Gasteiger partial charge < -0.3 is 14.6 Å². The Bertz CT molecular complexity index is 800. The molecular weight excluding hydrogens is 342 g/mol. The van der Waals surface area contributed by atoms with E-state index in [0.717, 1.165) is 37.1 Å². The lowest BCUT2D eigenvalue weighted by Crippen LogP contribution is -2.61. The Balaban J connectivity index is 1.90. The first-order valence-electron chi connectivity index (χ1n) is 9.83. The number of allylic oxidation sites excluding steroid dienone is 1. The third-order valence-electron chi connectivity index (χ3n) is 6.64. The van der Waals surface area contributed by atoms with Crippen LogP contribution in [0.5, 0.6) is 11.5 Å². The number of methoxy groups -OCH3 is 2. The van der Waals surface area contributed by atoms with E-state index in [1.54, 1.807) is 14.2 Å². The quantitative estimate of drug-likeness (QED) is 0.882. The van der Waals surface area contributed by atoms with Gasteiger partial charge >= 0.3 is 0 Å². The third-order valence-corrected chi connectivity index (χ3v) is 6.64. The Kier molecular flexibility index (Phi) is 4.46. The number of fused-ring (bicyclic) bond motifs is 1. The van der Waals surface area contributed by atoms with Crippen molar-refractivity contribution in [3.8, 4) is 11.5 Å². The van der Waals surface area contributed by atoms with Crippen molar-refractivity contribution in [2.24, 2.45) is 11.8 Å². The molecule has 1 aromatic rings. The maximum Gasteiger partial charge on any atom is 0.197 e. The molecule has 1 N–H and O–H groups in total. The average molecular weight is 371 g/mol. The van der Waals surface area contributed by atoms with Crippen molar-refractivity contribution in [3.63, 3.8) is 0 Å². The van der Waals surface area contributed by atoms with Crippen molar-refractivity contribution in [3.05, 3.63) is 35.1 Å². The summed E-state index contributed by atoms with van der Waals surface area (Å²) in [5.41, 5.74) is 1.70.